The predicted molar refractivity (Wildman–Crippen MR) is 86.2 cm³/mol. The Morgan fingerprint density at radius 2 is 2.32 bits per heavy atom. The molecule has 3 heterocycles. The first kappa shape index (κ1) is 15.0. The van der Waals surface area contributed by atoms with E-state index < -0.39 is 5.69 Å². The molecule has 0 saturated carbocycles. The SMILES string of the molecule is CC(C)Cc1cc(C(=O)N2CCc3sccc3C2)nc(=O)[nH]1. The Kier molecular flexibility index (Phi) is 4.11. The van der Waals surface area contributed by atoms with E-state index in [0.29, 0.717) is 19.0 Å². The topological polar surface area (TPSA) is 66.1 Å². The second kappa shape index (κ2) is 6.04. The molecule has 0 aliphatic carbocycles. The molecule has 0 atom stereocenters. The van der Waals surface area contributed by atoms with Gasteiger partial charge in [0.25, 0.3) is 5.91 Å². The van der Waals surface area contributed by atoms with Crippen LogP contribution in [0.1, 0.15) is 40.5 Å². The third-order valence-electron chi connectivity index (χ3n) is 3.74. The van der Waals surface area contributed by atoms with E-state index in [2.05, 4.69) is 35.3 Å². The van der Waals surface area contributed by atoms with E-state index in [4.69, 9.17) is 0 Å². The van der Waals surface area contributed by atoms with Crippen LogP contribution in [0.2, 0.25) is 0 Å². The van der Waals surface area contributed by atoms with Gasteiger partial charge in [-0.15, -0.1) is 11.3 Å². The minimum Gasteiger partial charge on any atom is -0.333 e. The van der Waals surface area contributed by atoms with Crippen LogP contribution in [-0.4, -0.2) is 27.3 Å². The van der Waals surface area contributed by atoms with Crippen molar-refractivity contribution >= 4 is 17.2 Å². The van der Waals surface area contributed by atoms with E-state index in [1.807, 2.05) is 0 Å². The molecule has 0 aromatic carbocycles. The lowest BCUT2D eigenvalue weighted by Gasteiger charge is -2.26. The summed E-state index contributed by atoms with van der Waals surface area (Å²) >= 11 is 1.74. The summed E-state index contributed by atoms with van der Waals surface area (Å²) in [4.78, 5) is 34.0. The molecular weight excluding hydrogens is 298 g/mol. The monoisotopic (exact) mass is 317 g/mol. The van der Waals surface area contributed by atoms with Gasteiger partial charge in [0.05, 0.1) is 0 Å². The molecule has 0 radical (unpaired) electrons. The Balaban J connectivity index is 1.83. The number of hydrogen-bond acceptors (Lipinski definition) is 4. The lowest BCUT2D eigenvalue weighted by Crippen LogP contribution is -2.37. The first-order chi connectivity index (χ1) is 10.5. The number of fused-ring (bicyclic) bond motifs is 1. The van der Waals surface area contributed by atoms with Crippen molar-refractivity contribution in [1.29, 1.82) is 0 Å². The molecule has 6 heteroatoms. The van der Waals surface area contributed by atoms with Gasteiger partial charge in [-0.2, -0.15) is 4.98 Å². The lowest BCUT2D eigenvalue weighted by molar-refractivity contribution is 0.0729. The summed E-state index contributed by atoms with van der Waals surface area (Å²) in [5.74, 6) is 0.248. The summed E-state index contributed by atoms with van der Waals surface area (Å²) in [6, 6.07) is 3.78. The Bertz CT molecular complexity index is 748. The van der Waals surface area contributed by atoms with Crippen molar-refractivity contribution < 1.29 is 4.79 Å². The zero-order chi connectivity index (χ0) is 15.7. The van der Waals surface area contributed by atoms with Gasteiger partial charge in [0.1, 0.15) is 5.69 Å². The van der Waals surface area contributed by atoms with E-state index in [-0.39, 0.29) is 11.6 Å². The standard InChI is InChI=1S/C16H19N3O2S/c1-10(2)7-12-8-13(18-16(21)17-12)15(20)19-5-3-14-11(9-19)4-6-22-14/h4,6,8,10H,3,5,7,9H2,1-2H3,(H,17,18,21). The van der Waals surface area contributed by atoms with Crippen LogP contribution in [0.4, 0.5) is 0 Å². The maximum Gasteiger partial charge on any atom is 0.345 e. The predicted octanol–water partition coefficient (Wildman–Crippen LogP) is 2.23. The zero-order valence-corrected chi connectivity index (χ0v) is 13.6. The molecule has 2 aromatic rings. The highest BCUT2D eigenvalue weighted by atomic mass is 32.1. The van der Waals surface area contributed by atoms with Crippen molar-refractivity contribution in [2.24, 2.45) is 5.92 Å². The average molecular weight is 317 g/mol. The van der Waals surface area contributed by atoms with Crippen LogP contribution < -0.4 is 5.69 Å². The van der Waals surface area contributed by atoms with Crippen molar-refractivity contribution in [3.05, 3.63) is 49.8 Å². The van der Waals surface area contributed by atoms with Crippen LogP contribution in [0.25, 0.3) is 0 Å². The third-order valence-corrected chi connectivity index (χ3v) is 4.77. The molecule has 1 aliphatic rings. The lowest BCUT2D eigenvalue weighted by atomic mass is 10.1. The van der Waals surface area contributed by atoms with Gasteiger partial charge in [-0.05, 0) is 41.8 Å². The van der Waals surface area contributed by atoms with Gasteiger partial charge in [-0.1, -0.05) is 13.8 Å². The number of carbonyl (C=O) groups excluding carboxylic acids is 1. The highest BCUT2D eigenvalue weighted by Crippen LogP contribution is 2.24. The third kappa shape index (κ3) is 3.11. The molecule has 1 amide bonds. The van der Waals surface area contributed by atoms with Crippen molar-refractivity contribution in [2.45, 2.75) is 33.2 Å². The first-order valence-electron chi connectivity index (χ1n) is 7.47. The van der Waals surface area contributed by atoms with Gasteiger partial charge in [0.2, 0.25) is 0 Å². The summed E-state index contributed by atoms with van der Waals surface area (Å²) in [7, 11) is 0. The number of carbonyl (C=O) groups is 1. The van der Waals surface area contributed by atoms with E-state index in [9.17, 15) is 9.59 Å². The van der Waals surface area contributed by atoms with E-state index in [1.54, 1.807) is 22.3 Å². The number of nitrogens with one attached hydrogen (secondary N) is 1. The highest BCUT2D eigenvalue weighted by Gasteiger charge is 2.24. The van der Waals surface area contributed by atoms with E-state index >= 15 is 0 Å². The largest absolute Gasteiger partial charge is 0.345 e. The van der Waals surface area contributed by atoms with Crippen LogP contribution in [0.3, 0.4) is 0 Å². The maximum absolute atomic E-state index is 12.6. The fourth-order valence-corrected chi connectivity index (χ4v) is 3.64. The first-order valence-corrected chi connectivity index (χ1v) is 8.35. The smallest absolute Gasteiger partial charge is 0.333 e. The fraction of sp³-hybridized carbons (Fsp3) is 0.438. The summed E-state index contributed by atoms with van der Waals surface area (Å²) in [5, 5.41) is 2.06. The van der Waals surface area contributed by atoms with Crippen LogP contribution >= 0.6 is 11.3 Å². The number of nitrogens with zero attached hydrogens (tertiary/aromatic N) is 2. The van der Waals surface area contributed by atoms with Gasteiger partial charge >= 0.3 is 5.69 Å². The number of thiophene rings is 1. The number of H-pyrrole nitrogens is 1. The molecule has 0 bridgehead atoms. The quantitative estimate of drug-likeness (QED) is 0.944. The molecule has 1 aliphatic heterocycles. The molecule has 0 unspecified atom stereocenters. The Morgan fingerprint density at radius 1 is 1.50 bits per heavy atom. The van der Waals surface area contributed by atoms with Crippen molar-refractivity contribution in [3.63, 3.8) is 0 Å². The maximum atomic E-state index is 12.6. The van der Waals surface area contributed by atoms with Crippen LogP contribution in [0, 0.1) is 5.92 Å². The second-order valence-corrected chi connectivity index (χ2v) is 7.04. The number of aromatic amines is 1. The molecular formula is C16H19N3O2S. The fourth-order valence-electron chi connectivity index (χ4n) is 2.75. The average Bonchev–Trinajstić information content (AvgIpc) is 2.92. The van der Waals surface area contributed by atoms with E-state index in [0.717, 1.165) is 18.5 Å². The normalized spacial score (nSPS) is 14.2. The Morgan fingerprint density at radius 3 is 3.09 bits per heavy atom. The molecule has 22 heavy (non-hydrogen) atoms. The molecule has 0 fully saturated rings. The van der Waals surface area contributed by atoms with Crippen molar-refractivity contribution in [1.82, 2.24) is 14.9 Å². The molecule has 0 saturated heterocycles. The van der Waals surface area contributed by atoms with Crippen LogP contribution in [-0.2, 0) is 19.4 Å². The molecule has 5 nitrogen and oxygen atoms in total. The Hall–Kier alpha value is -1.95. The van der Waals surface area contributed by atoms with Gasteiger partial charge in [-0.3, -0.25) is 4.79 Å². The molecule has 3 rings (SSSR count). The van der Waals surface area contributed by atoms with Crippen molar-refractivity contribution in [2.75, 3.05) is 6.54 Å². The summed E-state index contributed by atoms with van der Waals surface area (Å²) < 4.78 is 0. The zero-order valence-electron chi connectivity index (χ0n) is 12.8. The van der Waals surface area contributed by atoms with Crippen LogP contribution in [0.15, 0.2) is 22.3 Å². The number of aromatic nitrogens is 2. The van der Waals surface area contributed by atoms with Crippen LogP contribution in [0.5, 0.6) is 0 Å². The summed E-state index contributed by atoms with van der Waals surface area (Å²) in [6.07, 6.45) is 1.60. The molecule has 1 N–H and O–H groups in total. The second-order valence-electron chi connectivity index (χ2n) is 6.04. The molecule has 2 aromatic heterocycles. The van der Waals surface area contributed by atoms with Gasteiger partial charge in [0, 0.05) is 23.7 Å². The number of amides is 1. The molecule has 116 valence electrons. The number of hydrogen-bond donors (Lipinski definition) is 1. The highest BCUT2D eigenvalue weighted by molar-refractivity contribution is 7.10. The minimum atomic E-state index is -0.449. The van der Waals surface area contributed by atoms with Crippen molar-refractivity contribution in [3.8, 4) is 0 Å². The summed E-state index contributed by atoms with van der Waals surface area (Å²) in [5.41, 5.74) is 1.77. The van der Waals surface area contributed by atoms with Gasteiger partial charge < -0.3 is 9.88 Å². The molecule has 0 spiro atoms. The van der Waals surface area contributed by atoms with E-state index in [1.165, 1.54) is 10.4 Å². The van der Waals surface area contributed by atoms with Gasteiger partial charge in [-0.25, -0.2) is 4.79 Å². The van der Waals surface area contributed by atoms with Gasteiger partial charge in [0.15, 0.2) is 0 Å². The Labute approximate surface area is 133 Å². The minimum absolute atomic E-state index is 0.159. The number of rotatable bonds is 3. The summed E-state index contributed by atoms with van der Waals surface area (Å²) in [6.45, 7) is 5.43.